The van der Waals surface area contributed by atoms with Crippen LogP contribution in [0.5, 0.6) is 0 Å². The number of hydrogen-bond acceptors (Lipinski definition) is 6. The molecule has 1 saturated heterocycles. The first kappa shape index (κ1) is 18.1. The molecule has 0 amide bonds. The number of piperazine rings is 1. The zero-order valence-corrected chi connectivity index (χ0v) is 17.5. The summed E-state index contributed by atoms with van der Waals surface area (Å²) in [6.45, 7) is 4.04. The van der Waals surface area contributed by atoms with Crippen LogP contribution in [0.2, 0.25) is 0 Å². The fraction of sp³-hybridized carbons (Fsp3) is 0.273. The molecule has 6 heterocycles. The summed E-state index contributed by atoms with van der Waals surface area (Å²) in [6, 6.07) is 8.16. The smallest absolute Gasteiger partial charge is 0.138 e. The maximum Gasteiger partial charge on any atom is 0.138 e. The van der Waals surface area contributed by atoms with Crippen molar-refractivity contribution in [2.45, 2.75) is 0 Å². The Morgan fingerprint density at radius 1 is 1.00 bits per heavy atom. The first-order chi connectivity index (χ1) is 15.2. The van der Waals surface area contributed by atoms with E-state index in [1.165, 1.54) is 0 Å². The van der Waals surface area contributed by atoms with Crippen molar-refractivity contribution in [1.29, 1.82) is 0 Å². The Morgan fingerprint density at radius 2 is 1.87 bits per heavy atom. The van der Waals surface area contributed by atoms with Gasteiger partial charge in [-0.3, -0.25) is 9.78 Å². The molecule has 0 atom stereocenters. The van der Waals surface area contributed by atoms with Crippen LogP contribution < -0.4 is 4.90 Å². The van der Waals surface area contributed by atoms with Gasteiger partial charge in [-0.1, -0.05) is 0 Å². The highest BCUT2D eigenvalue weighted by Gasteiger charge is 2.20. The lowest BCUT2D eigenvalue weighted by Crippen LogP contribution is -2.44. The van der Waals surface area contributed by atoms with Crippen LogP contribution in [-0.2, 0) is 7.05 Å². The van der Waals surface area contributed by atoms with E-state index in [-0.39, 0.29) is 0 Å². The topological polar surface area (TPSA) is 94.5 Å². The summed E-state index contributed by atoms with van der Waals surface area (Å²) in [5.74, 6) is 1.02. The van der Waals surface area contributed by atoms with E-state index in [1.54, 1.807) is 4.68 Å². The average molecular weight is 413 g/mol. The largest absolute Gasteiger partial charge is 0.353 e. The van der Waals surface area contributed by atoms with Crippen molar-refractivity contribution in [3.8, 4) is 22.6 Å². The normalized spacial score (nSPS) is 15.4. The summed E-state index contributed by atoms with van der Waals surface area (Å²) < 4.78 is 1.78. The number of aromatic nitrogens is 7. The molecule has 156 valence electrons. The van der Waals surface area contributed by atoms with Gasteiger partial charge >= 0.3 is 0 Å². The van der Waals surface area contributed by atoms with Crippen molar-refractivity contribution in [3.63, 3.8) is 0 Å². The molecule has 1 aliphatic heterocycles. The van der Waals surface area contributed by atoms with E-state index >= 15 is 0 Å². The minimum absolute atomic E-state index is 0.807. The number of pyridine rings is 2. The summed E-state index contributed by atoms with van der Waals surface area (Å²) in [5, 5.41) is 13.1. The number of aryl methyl sites for hydroxylation is 1. The van der Waals surface area contributed by atoms with Crippen LogP contribution in [0.15, 0.2) is 42.9 Å². The van der Waals surface area contributed by atoms with Gasteiger partial charge in [0.15, 0.2) is 0 Å². The standard InChI is InChI=1S/C22H23N9/c1-29-7-9-31(10-8-29)22-15-11-19(25-17(15)5-6-23-22)21-20-18(27-28-21)4-3-16(26-20)14-12-24-30(2)13-14/h3-6,11-13,25H,7-10H2,1-2H3,(H,27,28). The molecule has 0 radical (unpaired) electrons. The molecular formula is C22H23N9. The van der Waals surface area contributed by atoms with Gasteiger partial charge in [-0.15, -0.1) is 0 Å². The fourth-order valence-electron chi connectivity index (χ4n) is 4.24. The van der Waals surface area contributed by atoms with Crippen molar-refractivity contribution in [1.82, 2.24) is 39.8 Å². The predicted octanol–water partition coefficient (Wildman–Crippen LogP) is 2.65. The molecule has 0 bridgehead atoms. The Balaban J connectivity index is 1.44. The lowest BCUT2D eigenvalue weighted by molar-refractivity contribution is 0.312. The molecule has 5 aromatic heterocycles. The second-order valence-corrected chi connectivity index (χ2v) is 8.14. The van der Waals surface area contributed by atoms with Crippen molar-refractivity contribution in [2.24, 2.45) is 7.05 Å². The predicted molar refractivity (Wildman–Crippen MR) is 121 cm³/mol. The molecule has 0 aromatic carbocycles. The van der Waals surface area contributed by atoms with E-state index in [4.69, 9.17) is 9.97 Å². The number of likely N-dealkylation sites (N-methyl/N-ethyl adjacent to an activating group) is 1. The minimum Gasteiger partial charge on any atom is -0.353 e. The number of hydrogen-bond donors (Lipinski definition) is 2. The van der Waals surface area contributed by atoms with Crippen LogP contribution in [0.25, 0.3) is 44.6 Å². The second kappa shape index (κ2) is 6.92. The number of nitrogens with one attached hydrogen (secondary N) is 2. The van der Waals surface area contributed by atoms with E-state index in [2.05, 4.69) is 43.2 Å². The number of rotatable bonds is 3. The second-order valence-electron chi connectivity index (χ2n) is 8.14. The van der Waals surface area contributed by atoms with Crippen molar-refractivity contribution >= 4 is 27.8 Å². The van der Waals surface area contributed by atoms with Crippen molar-refractivity contribution in [3.05, 3.63) is 42.9 Å². The summed E-state index contributed by atoms with van der Waals surface area (Å²) in [7, 11) is 4.07. The summed E-state index contributed by atoms with van der Waals surface area (Å²) in [6.07, 6.45) is 5.66. The molecule has 9 nitrogen and oxygen atoms in total. The highest BCUT2D eigenvalue weighted by Crippen LogP contribution is 2.32. The molecule has 2 N–H and O–H groups in total. The maximum atomic E-state index is 4.89. The van der Waals surface area contributed by atoms with Crippen molar-refractivity contribution < 1.29 is 0 Å². The van der Waals surface area contributed by atoms with Crippen LogP contribution in [0.4, 0.5) is 5.82 Å². The van der Waals surface area contributed by atoms with E-state index in [9.17, 15) is 0 Å². The Morgan fingerprint density at radius 3 is 2.68 bits per heavy atom. The highest BCUT2D eigenvalue weighted by atomic mass is 15.3. The van der Waals surface area contributed by atoms with Gasteiger partial charge in [0.1, 0.15) is 17.0 Å². The first-order valence-electron chi connectivity index (χ1n) is 10.4. The zero-order valence-electron chi connectivity index (χ0n) is 17.5. The van der Waals surface area contributed by atoms with Gasteiger partial charge in [-0.05, 0) is 31.3 Å². The molecule has 31 heavy (non-hydrogen) atoms. The third-order valence-electron chi connectivity index (χ3n) is 5.99. The Kier molecular flexibility index (Phi) is 4.03. The first-order valence-corrected chi connectivity index (χ1v) is 10.4. The summed E-state index contributed by atoms with van der Waals surface area (Å²) >= 11 is 0. The van der Waals surface area contributed by atoms with Gasteiger partial charge in [0, 0.05) is 56.6 Å². The molecule has 0 unspecified atom stereocenters. The van der Waals surface area contributed by atoms with E-state index in [0.29, 0.717) is 0 Å². The summed E-state index contributed by atoms with van der Waals surface area (Å²) in [5.41, 5.74) is 6.38. The maximum absolute atomic E-state index is 4.89. The zero-order chi connectivity index (χ0) is 20.9. The van der Waals surface area contributed by atoms with Crippen LogP contribution in [0, 0.1) is 0 Å². The van der Waals surface area contributed by atoms with Crippen LogP contribution >= 0.6 is 0 Å². The molecule has 5 aromatic rings. The Bertz CT molecular complexity index is 1380. The fourth-order valence-corrected chi connectivity index (χ4v) is 4.24. The van der Waals surface area contributed by atoms with Gasteiger partial charge in [0.05, 0.1) is 28.6 Å². The third-order valence-corrected chi connectivity index (χ3v) is 5.99. The van der Waals surface area contributed by atoms with Gasteiger partial charge in [-0.2, -0.15) is 10.2 Å². The molecule has 9 heteroatoms. The van der Waals surface area contributed by atoms with Crippen LogP contribution in [-0.4, -0.2) is 73.1 Å². The molecule has 0 spiro atoms. The number of fused-ring (bicyclic) bond motifs is 2. The minimum atomic E-state index is 0.807. The van der Waals surface area contributed by atoms with Gasteiger partial charge < -0.3 is 14.8 Å². The highest BCUT2D eigenvalue weighted by molar-refractivity contribution is 5.98. The van der Waals surface area contributed by atoms with Crippen LogP contribution in [0.1, 0.15) is 0 Å². The monoisotopic (exact) mass is 413 g/mol. The average Bonchev–Trinajstić information content (AvgIpc) is 3.51. The SMILES string of the molecule is CN1CCN(c2nccc3[nH]c(-c4n[nH]c5ccc(-c6cnn(C)c6)nc45)cc23)CC1. The Hall–Kier alpha value is -3.72. The molecule has 1 aliphatic rings. The number of H-pyrrole nitrogens is 2. The number of nitrogens with zero attached hydrogens (tertiary/aromatic N) is 7. The van der Waals surface area contributed by atoms with E-state index in [0.717, 1.165) is 76.6 Å². The Labute approximate surface area is 178 Å². The molecule has 0 saturated carbocycles. The molecule has 0 aliphatic carbocycles. The lowest BCUT2D eigenvalue weighted by Gasteiger charge is -2.33. The van der Waals surface area contributed by atoms with Crippen molar-refractivity contribution in [2.75, 3.05) is 38.1 Å². The molecule has 6 rings (SSSR count). The van der Waals surface area contributed by atoms with Crippen LogP contribution in [0.3, 0.4) is 0 Å². The van der Waals surface area contributed by atoms with Gasteiger partial charge in [-0.25, -0.2) is 9.97 Å². The van der Waals surface area contributed by atoms with E-state index in [1.807, 2.05) is 43.8 Å². The van der Waals surface area contributed by atoms with E-state index < -0.39 is 0 Å². The third kappa shape index (κ3) is 3.05. The molecule has 1 fully saturated rings. The summed E-state index contributed by atoms with van der Waals surface area (Å²) in [4.78, 5) is 17.8. The van der Waals surface area contributed by atoms with Gasteiger partial charge in [0.2, 0.25) is 0 Å². The molecular weight excluding hydrogens is 390 g/mol. The van der Waals surface area contributed by atoms with Gasteiger partial charge in [0.25, 0.3) is 0 Å². The number of aromatic amines is 2. The lowest BCUT2D eigenvalue weighted by atomic mass is 10.2. The quantitative estimate of drug-likeness (QED) is 0.472. The number of anilines is 1.